The van der Waals surface area contributed by atoms with E-state index in [9.17, 15) is 14.7 Å². The fourth-order valence-corrected chi connectivity index (χ4v) is 1.95. The van der Waals surface area contributed by atoms with Crippen molar-refractivity contribution in [1.82, 2.24) is 5.32 Å². The van der Waals surface area contributed by atoms with Crippen LogP contribution in [0.5, 0.6) is 17.2 Å². The zero-order valence-corrected chi connectivity index (χ0v) is 13.7. The van der Waals surface area contributed by atoms with Crippen LogP contribution in [-0.2, 0) is 9.53 Å². The first-order valence-corrected chi connectivity index (χ1v) is 7.59. The Kier molecular flexibility index (Phi) is 6.65. The van der Waals surface area contributed by atoms with Crippen molar-refractivity contribution < 1.29 is 28.9 Å². The number of amides is 1. The van der Waals surface area contributed by atoms with E-state index < -0.39 is 18.5 Å². The lowest BCUT2D eigenvalue weighted by Crippen LogP contribution is -2.32. The molecule has 2 rings (SSSR count). The van der Waals surface area contributed by atoms with Crippen molar-refractivity contribution in [2.45, 2.75) is 0 Å². The highest BCUT2D eigenvalue weighted by Crippen LogP contribution is 2.23. The van der Waals surface area contributed by atoms with E-state index in [-0.39, 0.29) is 17.9 Å². The standard InChI is InChI=1S/C18H19NO6/c1-23-14-7-8-15(16(20)11-14)18(22)25-12-17(21)19-9-10-24-13-5-3-2-4-6-13/h2-8,11,20H,9-10,12H2,1H3,(H,19,21). The molecule has 0 aliphatic rings. The van der Waals surface area contributed by atoms with Crippen LogP contribution in [0, 0.1) is 0 Å². The lowest BCUT2D eigenvalue weighted by Gasteiger charge is -2.09. The SMILES string of the molecule is COc1ccc(C(=O)OCC(=O)NCCOc2ccccc2)c(O)c1. The van der Waals surface area contributed by atoms with Crippen LogP contribution in [0.3, 0.4) is 0 Å². The lowest BCUT2D eigenvalue weighted by atomic mass is 10.2. The van der Waals surface area contributed by atoms with Gasteiger partial charge in [-0.1, -0.05) is 18.2 Å². The van der Waals surface area contributed by atoms with Crippen LogP contribution >= 0.6 is 0 Å². The monoisotopic (exact) mass is 345 g/mol. The number of benzene rings is 2. The molecule has 0 fully saturated rings. The predicted molar refractivity (Wildman–Crippen MR) is 89.9 cm³/mol. The number of phenols is 1. The molecule has 0 saturated heterocycles. The van der Waals surface area contributed by atoms with Gasteiger partial charge in [0.2, 0.25) is 0 Å². The largest absolute Gasteiger partial charge is 0.507 e. The summed E-state index contributed by atoms with van der Waals surface area (Å²) in [5, 5.41) is 12.3. The second-order valence-corrected chi connectivity index (χ2v) is 4.97. The van der Waals surface area contributed by atoms with Gasteiger partial charge >= 0.3 is 5.97 Å². The Bertz CT molecular complexity index is 717. The van der Waals surface area contributed by atoms with Crippen molar-refractivity contribution in [1.29, 1.82) is 0 Å². The summed E-state index contributed by atoms with van der Waals surface area (Å²) in [7, 11) is 1.44. The number of aromatic hydroxyl groups is 1. The topological polar surface area (TPSA) is 94.1 Å². The fourth-order valence-electron chi connectivity index (χ4n) is 1.95. The number of carbonyl (C=O) groups is 2. The van der Waals surface area contributed by atoms with Gasteiger partial charge in [0.05, 0.1) is 13.7 Å². The van der Waals surface area contributed by atoms with Crippen LogP contribution < -0.4 is 14.8 Å². The summed E-state index contributed by atoms with van der Waals surface area (Å²) >= 11 is 0. The van der Waals surface area contributed by atoms with Gasteiger partial charge in [-0.25, -0.2) is 4.79 Å². The van der Waals surface area contributed by atoms with Gasteiger partial charge in [0.1, 0.15) is 29.4 Å². The van der Waals surface area contributed by atoms with Gasteiger partial charge in [0.15, 0.2) is 6.61 Å². The molecule has 0 aromatic heterocycles. The summed E-state index contributed by atoms with van der Waals surface area (Å²) in [5.74, 6) is -0.418. The van der Waals surface area contributed by atoms with Gasteiger partial charge < -0.3 is 24.6 Å². The highest BCUT2D eigenvalue weighted by Gasteiger charge is 2.15. The highest BCUT2D eigenvalue weighted by molar-refractivity contribution is 5.94. The van der Waals surface area contributed by atoms with Crippen LogP contribution in [0.15, 0.2) is 48.5 Å². The van der Waals surface area contributed by atoms with Gasteiger partial charge in [-0.3, -0.25) is 4.79 Å². The van der Waals surface area contributed by atoms with Gasteiger partial charge in [-0.05, 0) is 24.3 Å². The van der Waals surface area contributed by atoms with E-state index in [0.29, 0.717) is 18.1 Å². The third kappa shape index (κ3) is 5.72. The molecule has 0 radical (unpaired) electrons. The van der Waals surface area contributed by atoms with E-state index in [1.165, 1.54) is 25.3 Å². The molecular weight excluding hydrogens is 326 g/mol. The zero-order valence-electron chi connectivity index (χ0n) is 13.7. The van der Waals surface area contributed by atoms with Gasteiger partial charge in [-0.2, -0.15) is 0 Å². The average molecular weight is 345 g/mol. The number of esters is 1. The minimum absolute atomic E-state index is 0.0407. The Morgan fingerprint density at radius 3 is 2.52 bits per heavy atom. The minimum atomic E-state index is -0.796. The molecule has 2 aromatic carbocycles. The number of methoxy groups -OCH3 is 1. The average Bonchev–Trinajstić information content (AvgIpc) is 2.64. The Morgan fingerprint density at radius 1 is 1.08 bits per heavy atom. The van der Waals surface area contributed by atoms with Crippen LogP contribution in [0.2, 0.25) is 0 Å². The molecule has 0 saturated carbocycles. The second kappa shape index (κ2) is 9.17. The summed E-state index contributed by atoms with van der Waals surface area (Å²) in [5.41, 5.74) is -0.0407. The quantitative estimate of drug-likeness (QED) is 0.559. The maximum absolute atomic E-state index is 11.9. The van der Waals surface area contributed by atoms with E-state index >= 15 is 0 Å². The number of nitrogens with one attached hydrogen (secondary N) is 1. The first-order chi connectivity index (χ1) is 12.1. The normalized spacial score (nSPS) is 9.96. The molecular formula is C18H19NO6. The van der Waals surface area contributed by atoms with E-state index in [1.807, 2.05) is 30.3 Å². The Balaban J connectivity index is 1.70. The van der Waals surface area contributed by atoms with Crippen LogP contribution in [-0.4, -0.2) is 43.9 Å². The van der Waals surface area contributed by atoms with Gasteiger partial charge in [0, 0.05) is 6.07 Å². The Morgan fingerprint density at radius 2 is 1.84 bits per heavy atom. The highest BCUT2D eigenvalue weighted by atomic mass is 16.5. The van der Waals surface area contributed by atoms with Crippen LogP contribution in [0.25, 0.3) is 0 Å². The third-order valence-electron chi connectivity index (χ3n) is 3.20. The summed E-state index contributed by atoms with van der Waals surface area (Å²) in [6, 6.07) is 13.4. The molecule has 0 atom stereocenters. The van der Waals surface area contributed by atoms with E-state index in [1.54, 1.807) is 0 Å². The maximum atomic E-state index is 11.9. The number of rotatable bonds is 8. The molecule has 0 bridgehead atoms. The number of ether oxygens (including phenoxy) is 3. The number of hydrogen-bond acceptors (Lipinski definition) is 6. The number of carbonyl (C=O) groups excluding carboxylic acids is 2. The first-order valence-electron chi connectivity index (χ1n) is 7.59. The number of hydrogen-bond donors (Lipinski definition) is 2. The second-order valence-electron chi connectivity index (χ2n) is 4.97. The molecule has 132 valence electrons. The molecule has 0 unspecified atom stereocenters. The summed E-state index contributed by atoms with van der Waals surface area (Å²) in [6.45, 7) is 0.123. The van der Waals surface area contributed by atoms with Crippen molar-refractivity contribution in [3.05, 3.63) is 54.1 Å². The van der Waals surface area contributed by atoms with E-state index in [4.69, 9.17) is 14.2 Å². The zero-order chi connectivity index (χ0) is 18.1. The third-order valence-corrected chi connectivity index (χ3v) is 3.20. The van der Waals surface area contributed by atoms with E-state index in [0.717, 1.165) is 0 Å². The van der Waals surface area contributed by atoms with Gasteiger partial charge in [-0.15, -0.1) is 0 Å². The molecule has 2 aromatic rings. The summed E-state index contributed by atoms with van der Waals surface area (Å²) in [6.07, 6.45) is 0. The van der Waals surface area contributed by atoms with Crippen molar-refractivity contribution in [2.24, 2.45) is 0 Å². The summed E-state index contributed by atoms with van der Waals surface area (Å²) < 4.78 is 15.2. The van der Waals surface area contributed by atoms with Gasteiger partial charge in [0.25, 0.3) is 5.91 Å². The Labute approximate surface area is 145 Å². The minimum Gasteiger partial charge on any atom is -0.507 e. The molecule has 0 aliphatic carbocycles. The van der Waals surface area contributed by atoms with E-state index in [2.05, 4.69) is 5.32 Å². The lowest BCUT2D eigenvalue weighted by molar-refractivity contribution is -0.124. The van der Waals surface area contributed by atoms with Crippen LogP contribution in [0.1, 0.15) is 10.4 Å². The fraction of sp³-hybridized carbons (Fsp3) is 0.222. The van der Waals surface area contributed by atoms with Crippen molar-refractivity contribution >= 4 is 11.9 Å². The molecule has 2 N–H and O–H groups in total. The molecule has 0 aliphatic heterocycles. The molecule has 0 heterocycles. The molecule has 25 heavy (non-hydrogen) atoms. The molecule has 7 nitrogen and oxygen atoms in total. The molecule has 0 spiro atoms. The van der Waals surface area contributed by atoms with Crippen molar-refractivity contribution in [3.8, 4) is 17.2 Å². The Hall–Kier alpha value is -3.22. The first kappa shape index (κ1) is 18.1. The van der Waals surface area contributed by atoms with Crippen molar-refractivity contribution in [2.75, 3.05) is 26.9 Å². The molecule has 1 amide bonds. The number of para-hydroxylation sites is 1. The summed E-state index contributed by atoms with van der Waals surface area (Å²) in [4.78, 5) is 23.5. The smallest absolute Gasteiger partial charge is 0.342 e. The molecule has 7 heteroatoms. The number of phenolic OH excluding ortho intramolecular Hbond substituents is 1. The van der Waals surface area contributed by atoms with Crippen molar-refractivity contribution in [3.63, 3.8) is 0 Å². The maximum Gasteiger partial charge on any atom is 0.342 e. The van der Waals surface area contributed by atoms with Crippen LogP contribution in [0.4, 0.5) is 0 Å². The predicted octanol–water partition coefficient (Wildman–Crippen LogP) is 1.75.